The van der Waals surface area contributed by atoms with Gasteiger partial charge in [0.05, 0.1) is 5.52 Å². The number of hydrogen-bond donors (Lipinski definition) is 1. The molecule has 4 nitrogen and oxygen atoms in total. The first-order valence-corrected chi connectivity index (χ1v) is 5.85. The summed E-state index contributed by atoms with van der Waals surface area (Å²) in [5.41, 5.74) is 11.2. The number of aromatic nitrogens is 2. The topological polar surface area (TPSA) is 57.0 Å². The lowest BCUT2D eigenvalue weighted by molar-refractivity contribution is 0.439. The lowest BCUT2D eigenvalue weighted by atomic mass is 10.0. The van der Waals surface area contributed by atoms with E-state index in [9.17, 15) is 0 Å². The van der Waals surface area contributed by atoms with Crippen LogP contribution in [0.5, 0.6) is 0 Å². The van der Waals surface area contributed by atoms with Crippen LogP contribution >= 0.6 is 0 Å². The average molecular weight is 241 g/mol. The van der Waals surface area contributed by atoms with Crippen LogP contribution in [-0.2, 0) is 7.05 Å². The molecule has 0 spiro atoms. The van der Waals surface area contributed by atoms with Crippen molar-refractivity contribution >= 4 is 16.8 Å². The minimum atomic E-state index is 0.339. The number of benzene rings is 1. The molecule has 1 aromatic carbocycles. The number of nitrogens with two attached hydrogens (primary N) is 1. The third kappa shape index (κ3) is 1.42. The van der Waals surface area contributed by atoms with E-state index in [1.165, 1.54) is 22.0 Å². The number of fused-ring (bicyclic) bond motifs is 1. The van der Waals surface area contributed by atoms with Gasteiger partial charge >= 0.3 is 0 Å². The number of anilines is 1. The van der Waals surface area contributed by atoms with Gasteiger partial charge in [0.2, 0.25) is 5.88 Å². The van der Waals surface area contributed by atoms with Crippen molar-refractivity contribution in [2.45, 2.75) is 13.8 Å². The zero-order valence-electron chi connectivity index (χ0n) is 10.7. The zero-order chi connectivity index (χ0) is 12.9. The fourth-order valence-electron chi connectivity index (χ4n) is 2.42. The smallest absolute Gasteiger partial charge is 0.222 e. The summed E-state index contributed by atoms with van der Waals surface area (Å²) in [6.07, 6.45) is 2.06. The number of nitrogen functional groups attached to an aromatic ring is 1. The maximum absolute atomic E-state index is 5.58. The molecule has 0 saturated heterocycles. The summed E-state index contributed by atoms with van der Waals surface area (Å²) in [4.78, 5) is 0. The third-order valence-electron chi connectivity index (χ3n) is 3.47. The van der Waals surface area contributed by atoms with Crippen LogP contribution in [-0.4, -0.2) is 9.72 Å². The van der Waals surface area contributed by atoms with Gasteiger partial charge in [-0.1, -0.05) is 17.3 Å². The van der Waals surface area contributed by atoms with Gasteiger partial charge in [-0.15, -0.1) is 0 Å². The molecule has 0 atom stereocenters. The second-order valence-corrected chi connectivity index (χ2v) is 4.67. The van der Waals surface area contributed by atoms with E-state index in [1.807, 2.05) is 7.05 Å². The molecular formula is C14H15N3O. The molecule has 0 saturated carbocycles. The molecule has 2 heterocycles. The summed E-state index contributed by atoms with van der Waals surface area (Å²) in [5, 5.41) is 5.16. The van der Waals surface area contributed by atoms with Crippen molar-refractivity contribution in [3.8, 4) is 11.3 Å². The van der Waals surface area contributed by atoms with Gasteiger partial charge in [-0.2, -0.15) is 0 Å². The Hall–Kier alpha value is -2.23. The van der Waals surface area contributed by atoms with Gasteiger partial charge in [0, 0.05) is 30.3 Å². The van der Waals surface area contributed by atoms with Gasteiger partial charge < -0.3 is 14.8 Å². The molecule has 0 radical (unpaired) electrons. The zero-order valence-corrected chi connectivity index (χ0v) is 10.7. The fourth-order valence-corrected chi connectivity index (χ4v) is 2.42. The predicted octanol–water partition coefficient (Wildman–Crippen LogP) is 3.03. The van der Waals surface area contributed by atoms with Crippen LogP contribution in [0.4, 0.5) is 5.88 Å². The maximum atomic E-state index is 5.58. The predicted molar refractivity (Wildman–Crippen MR) is 72.3 cm³/mol. The Morgan fingerprint density at radius 1 is 1.28 bits per heavy atom. The Morgan fingerprint density at radius 3 is 2.72 bits per heavy atom. The van der Waals surface area contributed by atoms with Crippen LogP contribution in [0, 0.1) is 13.8 Å². The second-order valence-electron chi connectivity index (χ2n) is 4.67. The van der Waals surface area contributed by atoms with Crippen LogP contribution in [0.3, 0.4) is 0 Å². The summed E-state index contributed by atoms with van der Waals surface area (Å²) >= 11 is 0. The highest BCUT2D eigenvalue weighted by Crippen LogP contribution is 2.32. The van der Waals surface area contributed by atoms with Gasteiger partial charge in [0.1, 0.15) is 5.69 Å². The molecule has 0 aliphatic rings. The molecule has 0 fully saturated rings. The van der Waals surface area contributed by atoms with Gasteiger partial charge in [-0.25, -0.2) is 0 Å². The highest BCUT2D eigenvalue weighted by molar-refractivity contribution is 5.97. The first kappa shape index (κ1) is 10.9. The van der Waals surface area contributed by atoms with Crippen LogP contribution in [0.2, 0.25) is 0 Å². The molecule has 0 aliphatic carbocycles. The Labute approximate surface area is 105 Å². The number of rotatable bonds is 1. The van der Waals surface area contributed by atoms with Gasteiger partial charge in [-0.3, -0.25) is 0 Å². The number of aryl methyl sites for hydroxylation is 3. The van der Waals surface area contributed by atoms with E-state index in [2.05, 4.69) is 41.9 Å². The third-order valence-corrected chi connectivity index (χ3v) is 3.47. The molecule has 2 aromatic heterocycles. The Bertz CT molecular complexity index is 737. The fraction of sp³-hybridized carbons (Fsp3) is 0.214. The van der Waals surface area contributed by atoms with Crippen molar-refractivity contribution in [1.82, 2.24) is 9.72 Å². The summed E-state index contributed by atoms with van der Waals surface area (Å²) in [6.45, 7) is 4.26. The molecule has 0 aliphatic heterocycles. The van der Waals surface area contributed by atoms with Gasteiger partial charge in [0.15, 0.2) is 0 Å². The Morgan fingerprint density at radius 2 is 2.06 bits per heavy atom. The maximum Gasteiger partial charge on any atom is 0.222 e. The minimum Gasteiger partial charge on any atom is -0.368 e. The average Bonchev–Trinajstić information content (AvgIpc) is 2.88. The van der Waals surface area contributed by atoms with E-state index in [-0.39, 0.29) is 0 Å². The monoisotopic (exact) mass is 241 g/mol. The van der Waals surface area contributed by atoms with E-state index < -0.39 is 0 Å². The molecule has 92 valence electrons. The molecular weight excluding hydrogens is 226 g/mol. The SMILES string of the molecule is Cc1ccc2c(-c3cc(N)on3)cn(C)c2c1C. The lowest BCUT2D eigenvalue weighted by Gasteiger charge is -2.04. The normalized spacial score (nSPS) is 11.3. The first-order valence-electron chi connectivity index (χ1n) is 5.85. The number of hydrogen-bond acceptors (Lipinski definition) is 3. The number of nitrogens with zero attached hydrogens (tertiary/aromatic N) is 2. The van der Waals surface area contributed by atoms with Crippen molar-refractivity contribution in [3.05, 3.63) is 35.5 Å². The van der Waals surface area contributed by atoms with Crippen LogP contribution in [0.1, 0.15) is 11.1 Å². The molecule has 0 bridgehead atoms. The van der Waals surface area contributed by atoms with E-state index in [1.54, 1.807) is 6.07 Å². The molecule has 3 rings (SSSR count). The highest BCUT2D eigenvalue weighted by atomic mass is 16.5. The van der Waals surface area contributed by atoms with E-state index in [4.69, 9.17) is 10.3 Å². The van der Waals surface area contributed by atoms with E-state index >= 15 is 0 Å². The van der Waals surface area contributed by atoms with Crippen LogP contribution in [0.25, 0.3) is 22.2 Å². The molecule has 0 unspecified atom stereocenters. The largest absolute Gasteiger partial charge is 0.368 e. The first-order chi connectivity index (χ1) is 8.58. The molecule has 3 aromatic rings. The summed E-state index contributed by atoms with van der Waals surface area (Å²) in [6, 6.07) is 6.01. The standard InChI is InChI=1S/C14H15N3O/c1-8-4-5-10-11(12-6-13(15)18-16-12)7-17(3)14(10)9(8)2/h4-7H,15H2,1-3H3. The van der Waals surface area contributed by atoms with Crippen molar-refractivity contribution in [1.29, 1.82) is 0 Å². The Balaban J connectivity index is 2.36. The van der Waals surface area contributed by atoms with Crippen molar-refractivity contribution in [2.24, 2.45) is 7.05 Å². The van der Waals surface area contributed by atoms with E-state index in [0.29, 0.717) is 5.88 Å². The molecule has 0 amide bonds. The molecule has 4 heteroatoms. The summed E-state index contributed by atoms with van der Waals surface area (Å²) in [5.74, 6) is 0.339. The summed E-state index contributed by atoms with van der Waals surface area (Å²) < 4.78 is 7.07. The lowest BCUT2D eigenvalue weighted by Crippen LogP contribution is -1.89. The molecule has 18 heavy (non-hydrogen) atoms. The second kappa shape index (κ2) is 3.63. The summed E-state index contributed by atoms with van der Waals surface area (Å²) in [7, 11) is 2.04. The molecule has 2 N–H and O–H groups in total. The minimum absolute atomic E-state index is 0.339. The van der Waals surface area contributed by atoms with Crippen molar-refractivity contribution in [2.75, 3.05) is 5.73 Å². The quantitative estimate of drug-likeness (QED) is 0.712. The van der Waals surface area contributed by atoms with Crippen molar-refractivity contribution < 1.29 is 4.52 Å². The van der Waals surface area contributed by atoms with Crippen molar-refractivity contribution in [3.63, 3.8) is 0 Å². The van der Waals surface area contributed by atoms with Gasteiger partial charge in [0.25, 0.3) is 0 Å². The highest BCUT2D eigenvalue weighted by Gasteiger charge is 2.14. The van der Waals surface area contributed by atoms with E-state index in [0.717, 1.165) is 11.3 Å². The van der Waals surface area contributed by atoms with Crippen LogP contribution < -0.4 is 5.73 Å². The Kier molecular flexibility index (Phi) is 2.20. The van der Waals surface area contributed by atoms with Gasteiger partial charge in [-0.05, 0) is 25.0 Å². The van der Waals surface area contributed by atoms with Crippen LogP contribution in [0.15, 0.2) is 28.9 Å².